The van der Waals surface area contributed by atoms with E-state index < -0.39 is 5.60 Å². The molecule has 1 aliphatic rings. The number of nitrogens with two attached hydrogens (primary N) is 1. The molecular formula is C23H22ClFN2O. The third-order valence-electron chi connectivity index (χ3n) is 5.18. The van der Waals surface area contributed by atoms with E-state index in [2.05, 4.69) is 12.2 Å². The Kier molecular flexibility index (Phi) is 5.00. The Hall–Kier alpha value is -2.56. The number of hydrogen-bond donors (Lipinski definition) is 2. The Morgan fingerprint density at radius 1 is 1.07 bits per heavy atom. The van der Waals surface area contributed by atoms with Gasteiger partial charge in [-0.3, -0.25) is 0 Å². The first-order chi connectivity index (χ1) is 13.5. The van der Waals surface area contributed by atoms with Gasteiger partial charge in [0.05, 0.1) is 0 Å². The van der Waals surface area contributed by atoms with Crippen molar-refractivity contribution in [2.24, 2.45) is 5.73 Å². The maximum Gasteiger partial charge on any atom is 0.135 e. The zero-order chi connectivity index (χ0) is 19.7. The van der Waals surface area contributed by atoms with Crippen molar-refractivity contribution in [3.63, 3.8) is 0 Å². The van der Waals surface area contributed by atoms with Gasteiger partial charge in [-0.05, 0) is 36.8 Å². The predicted octanol–water partition coefficient (Wildman–Crippen LogP) is 5.37. The van der Waals surface area contributed by atoms with E-state index in [0.717, 1.165) is 16.9 Å². The van der Waals surface area contributed by atoms with Crippen molar-refractivity contribution in [1.82, 2.24) is 0 Å². The molecule has 1 heterocycles. The van der Waals surface area contributed by atoms with Crippen LogP contribution >= 0.6 is 11.6 Å². The van der Waals surface area contributed by atoms with E-state index in [1.165, 1.54) is 6.07 Å². The van der Waals surface area contributed by atoms with Crippen LogP contribution in [0, 0.1) is 5.82 Å². The molecule has 4 rings (SSSR count). The first kappa shape index (κ1) is 18.8. The van der Waals surface area contributed by atoms with Crippen LogP contribution in [0.4, 0.5) is 10.1 Å². The number of ether oxygens (including phenoxy) is 1. The molecule has 0 spiro atoms. The van der Waals surface area contributed by atoms with Gasteiger partial charge < -0.3 is 15.8 Å². The van der Waals surface area contributed by atoms with E-state index in [1.807, 2.05) is 42.5 Å². The fraction of sp³-hybridized carbons (Fsp3) is 0.217. The van der Waals surface area contributed by atoms with Crippen molar-refractivity contribution in [2.75, 3.05) is 18.4 Å². The van der Waals surface area contributed by atoms with Crippen molar-refractivity contribution in [1.29, 1.82) is 0 Å². The van der Waals surface area contributed by atoms with Gasteiger partial charge in [0.15, 0.2) is 0 Å². The number of benzene rings is 3. The van der Waals surface area contributed by atoms with Crippen LogP contribution in [0.5, 0.6) is 5.75 Å². The Morgan fingerprint density at radius 3 is 2.61 bits per heavy atom. The van der Waals surface area contributed by atoms with Gasteiger partial charge >= 0.3 is 0 Å². The molecule has 0 radical (unpaired) electrons. The lowest BCUT2D eigenvalue weighted by atomic mass is 9.87. The molecule has 0 bridgehead atoms. The molecule has 0 amide bonds. The van der Waals surface area contributed by atoms with Crippen LogP contribution in [0.25, 0.3) is 11.1 Å². The lowest BCUT2D eigenvalue weighted by Crippen LogP contribution is -2.26. The molecule has 5 heteroatoms. The van der Waals surface area contributed by atoms with Gasteiger partial charge in [-0.25, -0.2) is 4.39 Å². The first-order valence-corrected chi connectivity index (χ1v) is 9.70. The molecule has 3 aromatic carbocycles. The Morgan fingerprint density at radius 2 is 1.86 bits per heavy atom. The van der Waals surface area contributed by atoms with Gasteiger partial charge in [-0.1, -0.05) is 48.0 Å². The molecular weight excluding hydrogens is 375 g/mol. The third-order valence-corrected chi connectivity index (χ3v) is 5.49. The maximum atomic E-state index is 15.0. The molecule has 1 atom stereocenters. The summed E-state index contributed by atoms with van der Waals surface area (Å²) in [7, 11) is 0. The number of hydrogen-bond acceptors (Lipinski definition) is 3. The molecule has 144 valence electrons. The van der Waals surface area contributed by atoms with Gasteiger partial charge in [-0.15, -0.1) is 0 Å². The average molecular weight is 397 g/mol. The van der Waals surface area contributed by atoms with E-state index in [4.69, 9.17) is 22.1 Å². The lowest BCUT2D eigenvalue weighted by molar-refractivity contribution is 0.116. The van der Waals surface area contributed by atoms with Crippen LogP contribution in [0.1, 0.15) is 18.1 Å². The zero-order valence-electron chi connectivity index (χ0n) is 15.6. The minimum absolute atomic E-state index is 0.328. The number of fused-ring (bicyclic) bond motifs is 1. The molecule has 0 unspecified atom stereocenters. The molecule has 28 heavy (non-hydrogen) atoms. The van der Waals surface area contributed by atoms with Gasteiger partial charge in [0.2, 0.25) is 0 Å². The summed E-state index contributed by atoms with van der Waals surface area (Å²) < 4.78 is 21.3. The number of anilines is 1. The van der Waals surface area contributed by atoms with Crippen molar-refractivity contribution in [3.05, 3.63) is 82.6 Å². The molecule has 0 fully saturated rings. The highest BCUT2D eigenvalue weighted by Gasteiger charge is 2.39. The summed E-state index contributed by atoms with van der Waals surface area (Å²) in [5, 5.41) is 3.71. The summed E-state index contributed by atoms with van der Waals surface area (Å²) in [6, 6.07) is 18.7. The van der Waals surface area contributed by atoms with E-state index in [9.17, 15) is 4.39 Å². The van der Waals surface area contributed by atoms with E-state index in [1.54, 1.807) is 12.1 Å². The highest BCUT2D eigenvalue weighted by Crippen LogP contribution is 2.49. The molecule has 0 saturated carbocycles. The summed E-state index contributed by atoms with van der Waals surface area (Å²) in [5.74, 6) is 0.407. The van der Waals surface area contributed by atoms with Crippen LogP contribution in [0.2, 0.25) is 5.02 Å². The summed E-state index contributed by atoms with van der Waals surface area (Å²) >= 11 is 6.58. The SMILES string of the molecule is C[C@@]1(c2ccccc2)Cc2c(ccc(Cl)c2-c2c(F)cccc2NCCN)O1. The second-order valence-electron chi connectivity index (χ2n) is 7.15. The highest BCUT2D eigenvalue weighted by molar-refractivity contribution is 6.33. The largest absolute Gasteiger partial charge is 0.482 e. The third kappa shape index (κ3) is 3.23. The molecule has 3 nitrogen and oxygen atoms in total. The van der Waals surface area contributed by atoms with E-state index in [-0.39, 0.29) is 5.82 Å². The summed E-state index contributed by atoms with van der Waals surface area (Å²) in [6.07, 6.45) is 0.604. The molecule has 3 N–H and O–H groups in total. The lowest BCUT2D eigenvalue weighted by Gasteiger charge is -2.24. The van der Waals surface area contributed by atoms with Crippen LogP contribution in [0.3, 0.4) is 0 Å². The summed E-state index contributed by atoms with van der Waals surface area (Å²) in [5.41, 5.74) is 8.89. The van der Waals surface area contributed by atoms with Gasteiger partial charge in [-0.2, -0.15) is 0 Å². The van der Waals surface area contributed by atoms with E-state index in [0.29, 0.717) is 41.3 Å². The van der Waals surface area contributed by atoms with Gasteiger partial charge in [0, 0.05) is 46.9 Å². The van der Waals surface area contributed by atoms with Gasteiger partial charge in [0.1, 0.15) is 17.2 Å². The number of nitrogens with one attached hydrogen (secondary N) is 1. The van der Waals surface area contributed by atoms with Crippen LogP contribution in [-0.2, 0) is 12.0 Å². The molecule has 1 aliphatic heterocycles. The zero-order valence-corrected chi connectivity index (χ0v) is 16.4. The standard InChI is InChI=1S/C23H22ClFN2O/c1-23(15-6-3-2-4-7-15)14-16-20(28-23)11-10-17(24)21(16)22-18(25)8-5-9-19(22)27-13-12-26/h2-11,27H,12-14,26H2,1H3/t23-/m0/s1. The Balaban J connectivity index is 1.85. The van der Waals surface area contributed by atoms with E-state index >= 15 is 0 Å². The Labute approximate surface area is 169 Å². The second kappa shape index (κ2) is 7.46. The second-order valence-corrected chi connectivity index (χ2v) is 7.56. The summed E-state index contributed by atoms with van der Waals surface area (Å²) in [6.45, 7) is 3.04. The summed E-state index contributed by atoms with van der Waals surface area (Å²) in [4.78, 5) is 0. The average Bonchev–Trinajstić information content (AvgIpc) is 3.06. The quantitative estimate of drug-likeness (QED) is 0.609. The minimum Gasteiger partial charge on any atom is -0.482 e. The molecule has 0 saturated heterocycles. The van der Waals surface area contributed by atoms with Crippen molar-refractivity contribution < 1.29 is 9.13 Å². The van der Waals surface area contributed by atoms with Crippen LogP contribution in [0.15, 0.2) is 60.7 Å². The highest BCUT2D eigenvalue weighted by atomic mass is 35.5. The van der Waals surface area contributed by atoms with Crippen molar-refractivity contribution >= 4 is 17.3 Å². The Bertz CT molecular complexity index is 1010. The topological polar surface area (TPSA) is 47.3 Å². The smallest absolute Gasteiger partial charge is 0.135 e. The fourth-order valence-electron chi connectivity index (χ4n) is 3.84. The maximum absolute atomic E-state index is 15.0. The minimum atomic E-state index is -0.529. The normalized spacial score (nSPS) is 17.9. The van der Waals surface area contributed by atoms with Crippen molar-refractivity contribution in [3.8, 4) is 16.9 Å². The molecule has 0 aliphatic carbocycles. The monoisotopic (exact) mass is 396 g/mol. The first-order valence-electron chi connectivity index (χ1n) is 9.32. The van der Waals surface area contributed by atoms with Crippen LogP contribution in [-0.4, -0.2) is 13.1 Å². The molecule has 3 aromatic rings. The number of halogens is 2. The fourth-order valence-corrected chi connectivity index (χ4v) is 4.11. The van der Waals surface area contributed by atoms with Crippen molar-refractivity contribution in [2.45, 2.75) is 18.9 Å². The molecule has 0 aromatic heterocycles. The number of rotatable bonds is 5. The van der Waals surface area contributed by atoms with Gasteiger partial charge in [0.25, 0.3) is 0 Å². The predicted molar refractivity (Wildman–Crippen MR) is 113 cm³/mol. The van der Waals surface area contributed by atoms with Crippen LogP contribution < -0.4 is 15.8 Å².